The summed E-state index contributed by atoms with van der Waals surface area (Å²) in [5.74, 6) is -0.311. The van der Waals surface area contributed by atoms with Gasteiger partial charge in [0, 0.05) is 0 Å². The molecule has 0 aliphatic heterocycles. The van der Waals surface area contributed by atoms with Crippen LogP contribution in [0.5, 0.6) is 0 Å². The van der Waals surface area contributed by atoms with Gasteiger partial charge in [-0.3, -0.25) is 0 Å². The third kappa shape index (κ3) is 2.01. The van der Waals surface area contributed by atoms with Crippen LogP contribution in [0.1, 0.15) is 18.6 Å². The van der Waals surface area contributed by atoms with E-state index < -0.39 is 6.10 Å². The summed E-state index contributed by atoms with van der Waals surface area (Å²) in [5, 5.41) is 9.10. The largest absolute Gasteiger partial charge is 0.389 e. The van der Waals surface area contributed by atoms with Crippen LogP contribution in [0.4, 0.5) is 4.39 Å². The number of aliphatic hydroxyl groups is 1. The van der Waals surface area contributed by atoms with Crippen molar-refractivity contribution in [3.05, 3.63) is 34.1 Å². The first kappa shape index (κ1) is 8.68. The number of hydrogen-bond donors (Lipinski definition) is 1. The minimum Gasteiger partial charge on any atom is -0.389 e. The summed E-state index contributed by atoms with van der Waals surface area (Å²) in [7, 11) is 0. The molecule has 1 nitrogen and oxygen atoms in total. The van der Waals surface area contributed by atoms with Crippen molar-refractivity contribution >= 4 is 15.9 Å². The Hall–Kier alpha value is -0.410. The molecule has 60 valence electrons. The van der Waals surface area contributed by atoms with Crippen molar-refractivity contribution in [2.75, 3.05) is 0 Å². The summed E-state index contributed by atoms with van der Waals surface area (Å²) in [6.45, 7) is 1.64. The van der Waals surface area contributed by atoms with Gasteiger partial charge in [0.25, 0.3) is 0 Å². The van der Waals surface area contributed by atoms with Gasteiger partial charge >= 0.3 is 0 Å². The summed E-state index contributed by atoms with van der Waals surface area (Å²) in [6.07, 6.45) is -0.549. The van der Waals surface area contributed by atoms with Gasteiger partial charge < -0.3 is 5.11 Å². The molecule has 0 bridgehead atoms. The van der Waals surface area contributed by atoms with Gasteiger partial charge in [-0.15, -0.1) is 0 Å². The molecule has 1 N–H and O–H groups in total. The smallest absolute Gasteiger partial charge is 0.137 e. The molecule has 1 rings (SSSR count). The molecule has 0 aliphatic carbocycles. The summed E-state index contributed by atoms with van der Waals surface area (Å²) < 4.78 is 13.0. The number of aliphatic hydroxyl groups excluding tert-OH is 1. The number of halogens is 2. The fourth-order valence-electron chi connectivity index (χ4n) is 0.772. The van der Waals surface area contributed by atoms with Crippen LogP contribution in [0.3, 0.4) is 0 Å². The molecule has 1 aromatic carbocycles. The van der Waals surface area contributed by atoms with Gasteiger partial charge in [0.05, 0.1) is 10.6 Å². The van der Waals surface area contributed by atoms with Crippen molar-refractivity contribution in [1.29, 1.82) is 0 Å². The van der Waals surface area contributed by atoms with E-state index in [0.29, 0.717) is 10.0 Å². The highest BCUT2D eigenvalue weighted by Crippen LogP contribution is 2.20. The topological polar surface area (TPSA) is 20.2 Å². The van der Waals surface area contributed by atoms with Gasteiger partial charge in [-0.1, -0.05) is 6.07 Å². The first-order valence-corrected chi connectivity index (χ1v) is 4.03. The lowest BCUT2D eigenvalue weighted by Gasteiger charge is -2.04. The third-order valence-electron chi connectivity index (χ3n) is 1.43. The van der Waals surface area contributed by atoms with Crippen molar-refractivity contribution < 1.29 is 9.50 Å². The van der Waals surface area contributed by atoms with Crippen LogP contribution in [0.25, 0.3) is 0 Å². The zero-order valence-electron chi connectivity index (χ0n) is 6.01. The quantitative estimate of drug-likeness (QED) is 0.769. The van der Waals surface area contributed by atoms with Crippen molar-refractivity contribution in [2.24, 2.45) is 0 Å². The van der Waals surface area contributed by atoms with E-state index in [1.54, 1.807) is 19.1 Å². The van der Waals surface area contributed by atoms with E-state index in [9.17, 15) is 4.39 Å². The molecule has 0 saturated carbocycles. The second kappa shape index (κ2) is 3.32. The molecular formula is C8H8BrFO. The van der Waals surface area contributed by atoms with Crippen LogP contribution in [0, 0.1) is 5.82 Å². The first-order chi connectivity index (χ1) is 5.11. The molecule has 0 aromatic heterocycles. The maximum absolute atomic E-state index is 12.6. The van der Waals surface area contributed by atoms with Crippen LogP contribution >= 0.6 is 15.9 Å². The Balaban J connectivity index is 3.05. The molecule has 0 spiro atoms. The zero-order chi connectivity index (χ0) is 8.43. The van der Waals surface area contributed by atoms with Crippen molar-refractivity contribution in [3.63, 3.8) is 0 Å². The fraction of sp³-hybridized carbons (Fsp3) is 0.250. The van der Waals surface area contributed by atoms with E-state index >= 15 is 0 Å². The molecule has 1 aromatic rings. The summed E-state index contributed by atoms with van der Waals surface area (Å²) in [4.78, 5) is 0. The Morgan fingerprint density at radius 3 is 2.64 bits per heavy atom. The molecule has 0 saturated heterocycles. The summed E-state index contributed by atoms with van der Waals surface area (Å²) >= 11 is 3.03. The van der Waals surface area contributed by atoms with E-state index in [-0.39, 0.29) is 5.82 Å². The normalized spacial score (nSPS) is 13.1. The van der Waals surface area contributed by atoms with Gasteiger partial charge in [-0.05, 0) is 40.5 Å². The third-order valence-corrected chi connectivity index (χ3v) is 2.03. The Kier molecular flexibility index (Phi) is 2.62. The predicted octanol–water partition coefficient (Wildman–Crippen LogP) is 2.64. The summed E-state index contributed by atoms with van der Waals surface area (Å²) in [6, 6.07) is 4.46. The molecular weight excluding hydrogens is 211 g/mol. The molecule has 3 heteroatoms. The number of hydrogen-bond acceptors (Lipinski definition) is 1. The second-order valence-electron chi connectivity index (χ2n) is 2.35. The van der Waals surface area contributed by atoms with E-state index in [1.807, 2.05) is 0 Å². The van der Waals surface area contributed by atoms with Crippen LogP contribution in [0.15, 0.2) is 22.7 Å². The Morgan fingerprint density at radius 1 is 1.55 bits per heavy atom. The van der Waals surface area contributed by atoms with Gasteiger partial charge in [0.1, 0.15) is 5.82 Å². The highest BCUT2D eigenvalue weighted by atomic mass is 79.9. The SMILES string of the molecule is C[C@@H](O)c1ccc(F)c(Br)c1. The van der Waals surface area contributed by atoms with Crippen LogP contribution in [-0.2, 0) is 0 Å². The molecule has 0 unspecified atom stereocenters. The molecule has 0 amide bonds. The van der Waals surface area contributed by atoms with Crippen LogP contribution in [-0.4, -0.2) is 5.11 Å². The van der Waals surface area contributed by atoms with Gasteiger partial charge in [0.15, 0.2) is 0 Å². The molecule has 0 radical (unpaired) electrons. The average Bonchev–Trinajstić information content (AvgIpc) is 1.94. The predicted molar refractivity (Wildman–Crippen MR) is 44.7 cm³/mol. The zero-order valence-corrected chi connectivity index (χ0v) is 7.60. The van der Waals surface area contributed by atoms with E-state index in [2.05, 4.69) is 15.9 Å². The highest BCUT2D eigenvalue weighted by Gasteiger charge is 2.03. The number of benzene rings is 1. The van der Waals surface area contributed by atoms with Gasteiger partial charge in [0.2, 0.25) is 0 Å². The van der Waals surface area contributed by atoms with Gasteiger partial charge in [-0.25, -0.2) is 4.39 Å². The molecule has 0 fully saturated rings. The van der Waals surface area contributed by atoms with Crippen LogP contribution in [0.2, 0.25) is 0 Å². The first-order valence-electron chi connectivity index (χ1n) is 3.24. The molecule has 11 heavy (non-hydrogen) atoms. The van der Waals surface area contributed by atoms with E-state index in [1.165, 1.54) is 6.07 Å². The maximum atomic E-state index is 12.6. The number of rotatable bonds is 1. The lowest BCUT2D eigenvalue weighted by molar-refractivity contribution is 0.199. The van der Waals surface area contributed by atoms with Crippen molar-refractivity contribution in [2.45, 2.75) is 13.0 Å². The average molecular weight is 219 g/mol. The second-order valence-corrected chi connectivity index (χ2v) is 3.20. The Morgan fingerprint density at radius 2 is 2.18 bits per heavy atom. The minimum absolute atomic E-state index is 0.311. The van der Waals surface area contributed by atoms with Crippen molar-refractivity contribution in [1.82, 2.24) is 0 Å². The highest BCUT2D eigenvalue weighted by molar-refractivity contribution is 9.10. The van der Waals surface area contributed by atoms with E-state index in [0.717, 1.165) is 0 Å². The monoisotopic (exact) mass is 218 g/mol. The molecule has 0 aliphatic rings. The Bertz CT molecular complexity index is 260. The molecule has 0 heterocycles. The Labute approximate surface area is 73.0 Å². The summed E-state index contributed by atoms with van der Waals surface area (Å²) in [5.41, 5.74) is 0.707. The van der Waals surface area contributed by atoms with Crippen molar-refractivity contribution in [3.8, 4) is 0 Å². The maximum Gasteiger partial charge on any atom is 0.137 e. The molecule has 1 atom stereocenters. The fourth-order valence-corrected chi connectivity index (χ4v) is 1.17. The van der Waals surface area contributed by atoms with Gasteiger partial charge in [-0.2, -0.15) is 0 Å². The van der Waals surface area contributed by atoms with Crippen LogP contribution < -0.4 is 0 Å². The lowest BCUT2D eigenvalue weighted by atomic mass is 10.1. The standard InChI is InChI=1S/C8H8BrFO/c1-5(11)6-2-3-8(10)7(9)4-6/h2-5,11H,1H3/t5-/m1/s1. The minimum atomic E-state index is -0.549. The lowest BCUT2D eigenvalue weighted by Crippen LogP contribution is -1.91. The van der Waals surface area contributed by atoms with E-state index in [4.69, 9.17) is 5.11 Å².